The average molecular weight is 261 g/mol. The molecule has 2 rings (SSSR count). The Hall–Kier alpha value is -1.26. The van der Waals surface area contributed by atoms with E-state index in [1.807, 2.05) is 19.2 Å². The second kappa shape index (κ2) is 6.07. The van der Waals surface area contributed by atoms with Crippen LogP contribution in [0.1, 0.15) is 41.3 Å². The van der Waals surface area contributed by atoms with Crippen molar-refractivity contribution in [1.29, 1.82) is 0 Å². The molecule has 1 atom stereocenters. The molecule has 4 heteroatoms. The Bertz CT molecular complexity index is 507. The van der Waals surface area contributed by atoms with Gasteiger partial charge in [-0.25, -0.2) is 9.97 Å². The van der Waals surface area contributed by atoms with E-state index in [4.69, 9.17) is 0 Å². The molecule has 0 aliphatic carbocycles. The maximum atomic E-state index is 4.56. The smallest absolute Gasteiger partial charge is 0.125 e. The Balaban J connectivity index is 2.33. The first-order valence-electron chi connectivity index (χ1n) is 6.29. The molecule has 0 spiro atoms. The number of rotatable bonds is 5. The monoisotopic (exact) mass is 261 g/mol. The predicted octanol–water partition coefficient (Wildman–Crippen LogP) is 3.24. The molecule has 0 aliphatic rings. The van der Waals surface area contributed by atoms with Gasteiger partial charge in [0.05, 0.1) is 11.7 Å². The van der Waals surface area contributed by atoms with Crippen LogP contribution in [0.2, 0.25) is 0 Å². The number of aryl methyl sites for hydroxylation is 2. The van der Waals surface area contributed by atoms with E-state index in [2.05, 4.69) is 40.6 Å². The Morgan fingerprint density at radius 1 is 1.33 bits per heavy atom. The Labute approximate surface area is 112 Å². The normalized spacial score (nSPS) is 12.6. The van der Waals surface area contributed by atoms with Crippen LogP contribution in [0.5, 0.6) is 0 Å². The molecule has 2 aromatic heterocycles. The van der Waals surface area contributed by atoms with Crippen LogP contribution in [0.3, 0.4) is 0 Å². The maximum absolute atomic E-state index is 4.56. The molecule has 0 bridgehead atoms. The maximum Gasteiger partial charge on any atom is 0.125 e. The summed E-state index contributed by atoms with van der Waals surface area (Å²) in [6.45, 7) is 7.25. The van der Waals surface area contributed by atoms with Gasteiger partial charge in [-0.05, 0) is 49.9 Å². The predicted molar refractivity (Wildman–Crippen MR) is 76.0 cm³/mol. The summed E-state index contributed by atoms with van der Waals surface area (Å²) in [5.41, 5.74) is 2.38. The van der Waals surface area contributed by atoms with Crippen molar-refractivity contribution in [1.82, 2.24) is 15.3 Å². The lowest BCUT2D eigenvalue weighted by atomic mass is 10.1. The first kappa shape index (κ1) is 13.2. The van der Waals surface area contributed by atoms with Crippen molar-refractivity contribution in [2.75, 3.05) is 6.54 Å². The molecular weight excluding hydrogens is 242 g/mol. The minimum atomic E-state index is 0.187. The molecule has 0 radical (unpaired) electrons. The van der Waals surface area contributed by atoms with Gasteiger partial charge in [-0.1, -0.05) is 6.92 Å². The fourth-order valence-corrected chi connectivity index (χ4v) is 2.95. The highest BCUT2D eigenvalue weighted by Gasteiger charge is 2.18. The van der Waals surface area contributed by atoms with Crippen molar-refractivity contribution in [2.45, 2.75) is 33.2 Å². The summed E-state index contributed by atoms with van der Waals surface area (Å²) in [6, 6.07) is 4.35. The zero-order valence-corrected chi connectivity index (χ0v) is 11.9. The van der Waals surface area contributed by atoms with Gasteiger partial charge in [0.1, 0.15) is 5.82 Å². The molecule has 2 heterocycles. The summed E-state index contributed by atoms with van der Waals surface area (Å²) in [5.74, 6) is 0.824. The fraction of sp³-hybridized carbons (Fsp3) is 0.429. The lowest BCUT2D eigenvalue weighted by molar-refractivity contribution is 0.589. The van der Waals surface area contributed by atoms with Gasteiger partial charge in [0.2, 0.25) is 0 Å². The minimum Gasteiger partial charge on any atom is -0.304 e. The third-order valence-corrected chi connectivity index (χ3v) is 3.94. The van der Waals surface area contributed by atoms with Crippen molar-refractivity contribution in [3.63, 3.8) is 0 Å². The van der Waals surface area contributed by atoms with Crippen molar-refractivity contribution in [3.05, 3.63) is 45.7 Å². The van der Waals surface area contributed by atoms with Crippen LogP contribution in [-0.2, 0) is 0 Å². The van der Waals surface area contributed by atoms with Gasteiger partial charge < -0.3 is 5.32 Å². The van der Waals surface area contributed by atoms with E-state index in [9.17, 15) is 0 Å². The van der Waals surface area contributed by atoms with Crippen LogP contribution in [0, 0.1) is 13.8 Å². The molecule has 0 saturated heterocycles. The number of hydrogen-bond donors (Lipinski definition) is 1. The number of thiophene rings is 1. The summed E-state index contributed by atoms with van der Waals surface area (Å²) in [5, 5.41) is 5.71. The van der Waals surface area contributed by atoms with Crippen LogP contribution in [0.15, 0.2) is 23.7 Å². The molecular formula is C14H19N3S. The van der Waals surface area contributed by atoms with Crippen molar-refractivity contribution >= 4 is 11.3 Å². The first-order valence-corrected chi connectivity index (χ1v) is 7.17. The molecule has 0 amide bonds. The quantitative estimate of drug-likeness (QED) is 0.898. The van der Waals surface area contributed by atoms with Gasteiger partial charge in [-0.3, -0.25) is 0 Å². The Morgan fingerprint density at radius 2 is 2.17 bits per heavy atom. The van der Waals surface area contributed by atoms with Gasteiger partial charge >= 0.3 is 0 Å². The van der Waals surface area contributed by atoms with Crippen molar-refractivity contribution in [2.24, 2.45) is 0 Å². The summed E-state index contributed by atoms with van der Waals surface area (Å²) in [6.07, 6.45) is 2.95. The SMILES string of the molecule is CCCNC(c1ccnc(C)n1)c1sccc1C. The van der Waals surface area contributed by atoms with Gasteiger partial charge in [-0.15, -0.1) is 11.3 Å². The Kier molecular flexibility index (Phi) is 4.44. The number of nitrogens with one attached hydrogen (secondary N) is 1. The highest BCUT2D eigenvalue weighted by Crippen LogP contribution is 2.28. The molecule has 0 aromatic carbocycles. The third-order valence-electron chi connectivity index (χ3n) is 2.86. The van der Waals surface area contributed by atoms with E-state index >= 15 is 0 Å². The largest absolute Gasteiger partial charge is 0.304 e. The van der Waals surface area contributed by atoms with E-state index in [1.165, 1.54) is 10.4 Å². The highest BCUT2D eigenvalue weighted by molar-refractivity contribution is 7.10. The van der Waals surface area contributed by atoms with Crippen LogP contribution in [0.4, 0.5) is 0 Å². The third kappa shape index (κ3) is 2.94. The molecule has 0 fully saturated rings. The van der Waals surface area contributed by atoms with Crippen LogP contribution in [-0.4, -0.2) is 16.5 Å². The zero-order chi connectivity index (χ0) is 13.0. The lowest BCUT2D eigenvalue weighted by Crippen LogP contribution is -2.24. The topological polar surface area (TPSA) is 37.8 Å². The summed E-state index contributed by atoms with van der Waals surface area (Å²) in [4.78, 5) is 10.1. The second-order valence-electron chi connectivity index (χ2n) is 4.38. The van der Waals surface area contributed by atoms with Crippen LogP contribution < -0.4 is 5.32 Å². The van der Waals surface area contributed by atoms with Gasteiger partial charge in [-0.2, -0.15) is 0 Å². The summed E-state index contributed by atoms with van der Waals surface area (Å²) < 4.78 is 0. The Morgan fingerprint density at radius 3 is 2.78 bits per heavy atom. The molecule has 3 nitrogen and oxygen atoms in total. The average Bonchev–Trinajstić information content (AvgIpc) is 2.77. The molecule has 96 valence electrons. The molecule has 2 aromatic rings. The van der Waals surface area contributed by atoms with Crippen molar-refractivity contribution in [3.8, 4) is 0 Å². The second-order valence-corrected chi connectivity index (χ2v) is 5.33. The molecule has 0 aliphatic heterocycles. The van der Waals surface area contributed by atoms with E-state index in [-0.39, 0.29) is 6.04 Å². The summed E-state index contributed by atoms with van der Waals surface area (Å²) >= 11 is 1.79. The number of aromatic nitrogens is 2. The lowest BCUT2D eigenvalue weighted by Gasteiger charge is -2.18. The minimum absolute atomic E-state index is 0.187. The first-order chi connectivity index (χ1) is 8.72. The zero-order valence-electron chi connectivity index (χ0n) is 11.1. The van der Waals surface area contributed by atoms with E-state index in [0.29, 0.717) is 0 Å². The number of hydrogen-bond acceptors (Lipinski definition) is 4. The standard InChI is InChI=1S/C14H19N3S/c1-4-7-16-13(14-10(2)6-9-18-14)12-5-8-15-11(3)17-12/h5-6,8-9,13,16H,4,7H2,1-3H3. The van der Waals surface area contributed by atoms with Crippen LogP contribution >= 0.6 is 11.3 Å². The van der Waals surface area contributed by atoms with E-state index in [1.54, 1.807) is 11.3 Å². The van der Waals surface area contributed by atoms with Gasteiger partial charge in [0.25, 0.3) is 0 Å². The highest BCUT2D eigenvalue weighted by atomic mass is 32.1. The molecule has 1 N–H and O–H groups in total. The van der Waals surface area contributed by atoms with Crippen molar-refractivity contribution < 1.29 is 0 Å². The fourth-order valence-electron chi connectivity index (χ4n) is 1.94. The number of nitrogens with zero attached hydrogens (tertiary/aromatic N) is 2. The summed E-state index contributed by atoms with van der Waals surface area (Å²) in [7, 11) is 0. The van der Waals surface area contributed by atoms with Gasteiger partial charge in [0, 0.05) is 11.1 Å². The molecule has 18 heavy (non-hydrogen) atoms. The molecule has 0 saturated carbocycles. The molecule has 1 unspecified atom stereocenters. The van der Waals surface area contributed by atoms with Gasteiger partial charge in [0.15, 0.2) is 0 Å². The van der Waals surface area contributed by atoms with E-state index < -0.39 is 0 Å². The van der Waals surface area contributed by atoms with E-state index in [0.717, 1.165) is 24.5 Å². The van der Waals surface area contributed by atoms with Crippen LogP contribution in [0.25, 0.3) is 0 Å².